The predicted octanol–water partition coefficient (Wildman–Crippen LogP) is 2.63. The summed E-state index contributed by atoms with van der Waals surface area (Å²) in [7, 11) is -0.555. The quantitative estimate of drug-likeness (QED) is 0.281. The van der Waals surface area contributed by atoms with E-state index in [0.717, 1.165) is 5.46 Å². The molecule has 1 fully saturated rings. The van der Waals surface area contributed by atoms with Crippen LogP contribution >= 0.6 is 0 Å². The van der Waals surface area contributed by atoms with Gasteiger partial charge >= 0.3 is 13.1 Å². The summed E-state index contributed by atoms with van der Waals surface area (Å²) in [6, 6.07) is 21.6. The molecule has 41 heavy (non-hydrogen) atoms. The van der Waals surface area contributed by atoms with E-state index in [0.29, 0.717) is 16.7 Å². The molecular weight excluding hydrogens is 523 g/mol. The van der Waals surface area contributed by atoms with Gasteiger partial charge in [0.25, 0.3) is 11.8 Å². The smallest absolute Gasteiger partial charge is 0.480 e. The minimum atomic E-state index is -1.75. The van der Waals surface area contributed by atoms with Crippen molar-refractivity contribution in [2.75, 3.05) is 0 Å². The van der Waals surface area contributed by atoms with Crippen molar-refractivity contribution in [3.8, 4) is 0 Å². The van der Waals surface area contributed by atoms with Gasteiger partial charge in [-0.15, -0.1) is 0 Å². The van der Waals surface area contributed by atoms with E-state index in [1.165, 1.54) is 0 Å². The number of benzene rings is 3. The molecule has 4 N–H and O–H groups in total. The van der Waals surface area contributed by atoms with E-state index in [1.807, 2.05) is 27.7 Å². The highest BCUT2D eigenvalue weighted by atomic mass is 16.7. The van der Waals surface area contributed by atoms with E-state index in [2.05, 4.69) is 10.6 Å². The third kappa shape index (κ3) is 7.03. The largest absolute Gasteiger partial charge is 0.494 e. The van der Waals surface area contributed by atoms with E-state index < -0.39 is 54.3 Å². The Bertz CT molecular complexity index is 1350. The number of aliphatic hydroxyl groups is 1. The van der Waals surface area contributed by atoms with Crippen LogP contribution in [0.1, 0.15) is 55.2 Å². The first-order valence-corrected chi connectivity index (χ1v) is 13.4. The lowest BCUT2D eigenvalue weighted by Gasteiger charge is -2.32. The summed E-state index contributed by atoms with van der Waals surface area (Å²) in [4.78, 5) is 38.1. The van der Waals surface area contributed by atoms with Crippen LogP contribution < -0.4 is 16.1 Å². The van der Waals surface area contributed by atoms with Gasteiger partial charge in [-0.1, -0.05) is 72.8 Å². The van der Waals surface area contributed by atoms with E-state index in [4.69, 9.17) is 9.31 Å². The molecule has 1 heterocycles. The maximum Gasteiger partial charge on any atom is 0.494 e. The van der Waals surface area contributed by atoms with E-state index >= 15 is 0 Å². The molecule has 2 amide bonds. The van der Waals surface area contributed by atoms with Crippen LogP contribution in [0.25, 0.3) is 0 Å². The molecular formula is C31H35BN2O7. The monoisotopic (exact) mass is 558 g/mol. The van der Waals surface area contributed by atoms with Gasteiger partial charge in [-0.05, 0) is 56.4 Å². The van der Waals surface area contributed by atoms with Gasteiger partial charge in [-0.2, -0.15) is 0 Å². The Morgan fingerprint density at radius 2 is 1.34 bits per heavy atom. The third-order valence-electron chi connectivity index (χ3n) is 7.63. The summed E-state index contributed by atoms with van der Waals surface area (Å²) < 4.78 is 12.1. The molecule has 214 valence electrons. The number of rotatable bonds is 10. The number of carbonyl (C=O) groups excluding carboxylic acids is 2. The maximum absolute atomic E-state index is 13.1. The van der Waals surface area contributed by atoms with Crippen molar-refractivity contribution in [3.05, 3.63) is 102 Å². The van der Waals surface area contributed by atoms with Crippen molar-refractivity contribution in [2.45, 2.75) is 63.5 Å². The summed E-state index contributed by atoms with van der Waals surface area (Å²) in [5.74, 6) is -2.67. The van der Waals surface area contributed by atoms with Crippen LogP contribution in [0.15, 0.2) is 84.9 Å². The Morgan fingerprint density at radius 3 is 1.88 bits per heavy atom. The second-order valence-electron chi connectivity index (χ2n) is 11.1. The molecule has 0 aromatic heterocycles. The second-order valence-corrected chi connectivity index (χ2v) is 11.1. The summed E-state index contributed by atoms with van der Waals surface area (Å²) >= 11 is 0. The van der Waals surface area contributed by atoms with E-state index in [1.54, 1.807) is 84.9 Å². The van der Waals surface area contributed by atoms with Crippen molar-refractivity contribution in [1.82, 2.24) is 10.6 Å². The Balaban J connectivity index is 1.45. The number of nitrogens with one attached hydrogen (secondary N) is 2. The molecule has 9 nitrogen and oxygen atoms in total. The molecule has 3 atom stereocenters. The van der Waals surface area contributed by atoms with Crippen LogP contribution in [-0.2, 0) is 25.3 Å². The van der Waals surface area contributed by atoms with Gasteiger partial charge in [-0.3, -0.25) is 9.59 Å². The van der Waals surface area contributed by atoms with Gasteiger partial charge in [0.05, 0.1) is 17.2 Å². The van der Waals surface area contributed by atoms with Crippen LogP contribution in [0.2, 0.25) is 0 Å². The molecule has 0 bridgehead atoms. The van der Waals surface area contributed by atoms with Crippen LogP contribution in [0.4, 0.5) is 0 Å². The Labute approximate surface area is 240 Å². The third-order valence-corrected chi connectivity index (χ3v) is 7.63. The zero-order valence-corrected chi connectivity index (χ0v) is 23.5. The van der Waals surface area contributed by atoms with Gasteiger partial charge in [0.15, 0.2) is 6.10 Å². The van der Waals surface area contributed by atoms with Gasteiger partial charge in [-0.25, -0.2) is 4.79 Å². The first kappa shape index (κ1) is 30.0. The summed E-state index contributed by atoms with van der Waals surface area (Å²) in [5.41, 5.74) is 1.31. The first-order chi connectivity index (χ1) is 19.4. The van der Waals surface area contributed by atoms with Crippen LogP contribution in [0.5, 0.6) is 0 Å². The molecule has 1 saturated heterocycles. The lowest BCUT2D eigenvalue weighted by molar-refractivity contribution is -0.143. The molecule has 0 saturated carbocycles. The van der Waals surface area contributed by atoms with Crippen LogP contribution in [0, 0.1) is 0 Å². The minimum absolute atomic E-state index is 0.0240. The average Bonchev–Trinajstić information content (AvgIpc) is 3.18. The van der Waals surface area contributed by atoms with E-state index in [-0.39, 0.29) is 6.42 Å². The minimum Gasteiger partial charge on any atom is -0.480 e. The highest BCUT2D eigenvalue weighted by molar-refractivity contribution is 6.62. The maximum atomic E-state index is 13.1. The number of hydrogen-bond donors (Lipinski definition) is 4. The molecule has 0 radical (unpaired) electrons. The van der Waals surface area contributed by atoms with Crippen LogP contribution in [0.3, 0.4) is 0 Å². The van der Waals surface area contributed by atoms with Gasteiger partial charge in [0.2, 0.25) is 0 Å². The number of amides is 2. The van der Waals surface area contributed by atoms with Crippen LogP contribution in [-0.4, -0.2) is 58.5 Å². The topological polar surface area (TPSA) is 134 Å². The predicted molar refractivity (Wildman–Crippen MR) is 155 cm³/mol. The second kappa shape index (κ2) is 12.3. The molecule has 1 aliphatic heterocycles. The van der Waals surface area contributed by atoms with E-state index in [9.17, 15) is 24.6 Å². The lowest BCUT2D eigenvalue weighted by atomic mass is 9.78. The molecule has 0 spiro atoms. The Kier molecular flexibility index (Phi) is 8.97. The normalized spacial score (nSPS) is 17.7. The molecule has 10 heteroatoms. The number of carboxylic acid groups (broad SMARTS) is 1. The molecule has 0 aliphatic carbocycles. The number of carboxylic acids is 1. The molecule has 1 aliphatic rings. The van der Waals surface area contributed by atoms with Crippen molar-refractivity contribution >= 4 is 30.4 Å². The Morgan fingerprint density at radius 1 is 0.805 bits per heavy atom. The lowest BCUT2D eigenvalue weighted by Crippen LogP contribution is -2.50. The molecule has 3 aromatic rings. The summed E-state index contributed by atoms with van der Waals surface area (Å²) in [5, 5.41) is 26.0. The molecule has 0 unspecified atom stereocenters. The standard InChI is InChI=1S/C31H35BN2O7/c1-30(2)31(3,4)41-32(40-30)23-17-15-20(16-18-23)19-24(29(38)39)33-28(37)26(35)25(21-11-7-5-8-12-21)34-27(36)22-13-9-6-10-14-22/h5-18,24-26,35H,19H2,1-4H3,(H,33,37)(H,34,36)(H,38,39)/t24-,25+,26-/m1/s1. The fourth-order valence-corrected chi connectivity index (χ4v) is 4.45. The Hall–Kier alpha value is -3.99. The number of aliphatic hydroxyl groups excluding tert-OH is 1. The number of carbonyl (C=O) groups is 3. The number of aliphatic carboxylic acids is 1. The number of hydrogen-bond acceptors (Lipinski definition) is 6. The SMILES string of the molecule is CC1(C)OB(c2ccc(C[C@@H](NC(=O)[C@H](O)[C@@H](NC(=O)c3ccccc3)c3ccccc3)C(=O)O)cc2)OC1(C)C. The van der Waals surface area contributed by atoms with Gasteiger partial charge in [0, 0.05) is 12.0 Å². The average molecular weight is 558 g/mol. The van der Waals surface area contributed by atoms with Crippen molar-refractivity contribution in [1.29, 1.82) is 0 Å². The summed E-state index contributed by atoms with van der Waals surface area (Å²) in [6.45, 7) is 7.85. The zero-order valence-electron chi connectivity index (χ0n) is 23.5. The first-order valence-electron chi connectivity index (χ1n) is 13.4. The highest BCUT2D eigenvalue weighted by Gasteiger charge is 2.51. The van der Waals surface area contributed by atoms with Gasteiger partial charge in [0.1, 0.15) is 6.04 Å². The van der Waals surface area contributed by atoms with Crippen molar-refractivity contribution < 1.29 is 33.9 Å². The zero-order chi connectivity index (χ0) is 29.8. The van der Waals surface area contributed by atoms with Crippen molar-refractivity contribution in [2.24, 2.45) is 0 Å². The fraction of sp³-hybridized carbons (Fsp3) is 0.323. The highest BCUT2D eigenvalue weighted by Crippen LogP contribution is 2.36. The summed E-state index contributed by atoms with van der Waals surface area (Å²) in [6.07, 6.45) is -1.78. The fourth-order valence-electron chi connectivity index (χ4n) is 4.45. The van der Waals surface area contributed by atoms with Crippen molar-refractivity contribution in [3.63, 3.8) is 0 Å². The van der Waals surface area contributed by atoms with Gasteiger partial charge < -0.3 is 30.2 Å². The molecule has 4 rings (SSSR count). The molecule has 3 aromatic carbocycles.